The van der Waals surface area contributed by atoms with Gasteiger partial charge in [-0.1, -0.05) is 127 Å². The van der Waals surface area contributed by atoms with Crippen molar-refractivity contribution < 1.29 is 0 Å². The molecule has 260 valence electrons. The maximum atomic E-state index is 5.21. The van der Waals surface area contributed by atoms with E-state index in [0.717, 1.165) is 16.7 Å². The summed E-state index contributed by atoms with van der Waals surface area (Å²) in [5.74, 6) is 2.03. The topological polar surface area (TPSA) is 38.7 Å². The number of benzene rings is 8. The van der Waals surface area contributed by atoms with Crippen LogP contribution in [-0.2, 0) is 0 Å². The monoisotopic (exact) mass is 783 g/mol. The van der Waals surface area contributed by atoms with Crippen molar-refractivity contribution in [2.75, 3.05) is 0 Å². The second-order valence-electron chi connectivity index (χ2n) is 14.2. The molecule has 5 heterocycles. The number of fused-ring (bicyclic) bond motifs is 19. The number of nitrogens with zero attached hydrogens (tertiary/aromatic N) is 3. The molecule has 0 aliphatic heterocycles. The van der Waals surface area contributed by atoms with Crippen molar-refractivity contribution in [3.8, 4) is 34.2 Å². The molecule has 7 heteroatoms. The van der Waals surface area contributed by atoms with Crippen LogP contribution >= 0.6 is 45.3 Å². The van der Waals surface area contributed by atoms with Crippen LogP contribution in [0.3, 0.4) is 0 Å². The number of aromatic nitrogens is 3. The van der Waals surface area contributed by atoms with Crippen LogP contribution in [0.1, 0.15) is 0 Å². The lowest BCUT2D eigenvalue weighted by Crippen LogP contribution is -2.00. The lowest BCUT2D eigenvalue weighted by molar-refractivity contribution is 1.08. The zero-order valence-electron chi connectivity index (χ0n) is 29.4. The van der Waals surface area contributed by atoms with Gasteiger partial charge >= 0.3 is 0 Å². The minimum atomic E-state index is 0.670. The van der Waals surface area contributed by atoms with Crippen LogP contribution in [0.4, 0.5) is 0 Å². The Hall–Kier alpha value is -6.09. The summed E-state index contributed by atoms with van der Waals surface area (Å²) in [5.41, 5.74) is 2.96. The molecule has 5 aromatic heterocycles. The van der Waals surface area contributed by atoms with Crippen LogP contribution in [0, 0.1) is 0 Å². The van der Waals surface area contributed by atoms with Gasteiger partial charge in [0, 0.05) is 98.8 Å². The molecule has 0 aliphatic rings. The van der Waals surface area contributed by atoms with E-state index in [0.29, 0.717) is 17.5 Å². The van der Waals surface area contributed by atoms with E-state index in [4.69, 9.17) is 15.0 Å². The predicted octanol–water partition coefficient (Wildman–Crippen LogP) is 15.5. The van der Waals surface area contributed by atoms with Gasteiger partial charge in [0.1, 0.15) is 0 Å². The van der Waals surface area contributed by atoms with Gasteiger partial charge in [-0.05, 0) is 24.3 Å². The first-order valence-electron chi connectivity index (χ1n) is 18.5. The maximum absolute atomic E-state index is 5.21. The van der Waals surface area contributed by atoms with Crippen LogP contribution in [0.2, 0.25) is 0 Å². The molecule has 0 radical (unpaired) electrons. The lowest BCUT2D eigenvalue weighted by Gasteiger charge is -2.10. The van der Waals surface area contributed by atoms with Gasteiger partial charge in [-0.2, -0.15) is 0 Å². The van der Waals surface area contributed by atoms with Crippen molar-refractivity contribution in [1.29, 1.82) is 0 Å². The van der Waals surface area contributed by atoms with Crippen molar-refractivity contribution in [3.05, 3.63) is 152 Å². The number of hydrogen-bond acceptors (Lipinski definition) is 7. The standard InChI is InChI=1S/C49H25N3S4/c1-3-14-26(15-4-1)47-50-48(27-16-5-2-6-17-27)52-49(51-47)32-22-13-21-31-39-41-40(38-30-20-9-12-25-35(30)55-45(38)46(39)56-42(31)32)43-36(28-18-7-10-23-33(28)53-43)37-29-19-8-11-24-34(29)54-44(37)41/h1-25H. The Bertz CT molecular complexity index is 3700. The molecule has 13 rings (SSSR count). The van der Waals surface area contributed by atoms with Gasteiger partial charge in [0.15, 0.2) is 17.5 Å². The fourth-order valence-electron chi connectivity index (χ4n) is 8.73. The Morgan fingerprint density at radius 1 is 0.268 bits per heavy atom. The number of hydrogen-bond donors (Lipinski definition) is 0. The third-order valence-electron chi connectivity index (χ3n) is 11.1. The minimum absolute atomic E-state index is 0.670. The fourth-order valence-corrected chi connectivity index (χ4v) is 13.9. The fraction of sp³-hybridized carbons (Fsp3) is 0. The summed E-state index contributed by atoms with van der Waals surface area (Å²) in [7, 11) is 0. The summed E-state index contributed by atoms with van der Waals surface area (Å²) in [6, 6.07) is 54.2. The molecule has 0 N–H and O–H groups in total. The molecule has 3 nitrogen and oxygen atoms in total. The van der Waals surface area contributed by atoms with Crippen LogP contribution < -0.4 is 0 Å². The summed E-state index contributed by atoms with van der Waals surface area (Å²) in [6.07, 6.45) is 0. The van der Waals surface area contributed by atoms with Gasteiger partial charge in [-0.25, -0.2) is 15.0 Å². The van der Waals surface area contributed by atoms with Crippen molar-refractivity contribution in [2.45, 2.75) is 0 Å². The number of rotatable bonds is 3. The Morgan fingerprint density at radius 3 is 1.20 bits per heavy atom. The average Bonchev–Trinajstić information content (AvgIpc) is 4.04. The van der Waals surface area contributed by atoms with E-state index in [-0.39, 0.29) is 0 Å². The first-order valence-corrected chi connectivity index (χ1v) is 21.8. The molecule has 0 amide bonds. The second-order valence-corrected chi connectivity index (χ2v) is 18.4. The molecule has 8 aromatic carbocycles. The number of thiophene rings is 4. The highest BCUT2D eigenvalue weighted by molar-refractivity contribution is 7.35. The average molecular weight is 784 g/mol. The van der Waals surface area contributed by atoms with Crippen molar-refractivity contribution in [2.24, 2.45) is 0 Å². The van der Waals surface area contributed by atoms with E-state index in [2.05, 4.69) is 115 Å². The molecule has 0 atom stereocenters. The van der Waals surface area contributed by atoms with E-state index >= 15 is 0 Å². The first-order chi connectivity index (χ1) is 27.8. The molecule has 0 spiro atoms. The normalized spacial score (nSPS) is 12.3. The van der Waals surface area contributed by atoms with E-state index in [9.17, 15) is 0 Å². The van der Waals surface area contributed by atoms with Crippen LogP contribution in [0.25, 0.3) is 126 Å². The minimum Gasteiger partial charge on any atom is -0.208 e. The van der Waals surface area contributed by atoms with Gasteiger partial charge in [-0.3, -0.25) is 0 Å². The Balaban J connectivity index is 1.25. The third kappa shape index (κ3) is 4.28. The van der Waals surface area contributed by atoms with Crippen molar-refractivity contribution in [1.82, 2.24) is 15.0 Å². The molecule has 0 fully saturated rings. The summed E-state index contributed by atoms with van der Waals surface area (Å²) >= 11 is 7.70. The smallest absolute Gasteiger partial charge is 0.165 e. The molecular formula is C49H25N3S4. The highest BCUT2D eigenvalue weighted by atomic mass is 32.1. The zero-order chi connectivity index (χ0) is 36.5. The molecule has 56 heavy (non-hydrogen) atoms. The van der Waals surface area contributed by atoms with E-state index < -0.39 is 0 Å². The van der Waals surface area contributed by atoms with Crippen molar-refractivity contribution in [3.63, 3.8) is 0 Å². The molecule has 0 saturated carbocycles. The molecule has 0 bridgehead atoms. The largest absolute Gasteiger partial charge is 0.208 e. The Labute approximate surface area is 335 Å². The van der Waals surface area contributed by atoms with Crippen LogP contribution in [0.15, 0.2) is 152 Å². The molecule has 13 aromatic rings. The summed E-state index contributed by atoms with van der Waals surface area (Å²) < 4.78 is 10.6. The molecule has 0 aliphatic carbocycles. The molecular weight excluding hydrogens is 759 g/mol. The summed E-state index contributed by atoms with van der Waals surface area (Å²) in [4.78, 5) is 15.4. The highest BCUT2D eigenvalue weighted by Crippen LogP contribution is 2.57. The Morgan fingerprint density at radius 2 is 0.661 bits per heavy atom. The zero-order valence-corrected chi connectivity index (χ0v) is 32.7. The summed E-state index contributed by atoms with van der Waals surface area (Å²) in [6.45, 7) is 0. The maximum Gasteiger partial charge on any atom is 0.165 e. The van der Waals surface area contributed by atoms with Gasteiger partial charge in [0.2, 0.25) is 0 Å². The molecule has 0 unspecified atom stereocenters. The third-order valence-corrected chi connectivity index (χ3v) is 16.1. The van der Waals surface area contributed by atoms with Gasteiger partial charge in [0.05, 0.1) is 9.40 Å². The second kappa shape index (κ2) is 11.7. The highest BCUT2D eigenvalue weighted by Gasteiger charge is 2.27. The van der Waals surface area contributed by atoms with Gasteiger partial charge in [0.25, 0.3) is 0 Å². The van der Waals surface area contributed by atoms with E-state index in [1.54, 1.807) is 0 Å². The van der Waals surface area contributed by atoms with E-state index in [1.807, 2.05) is 81.7 Å². The summed E-state index contributed by atoms with van der Waals surface area (Å²) in [5, 5.41) is 13.4. The van der Waals surface area contributed by atoms with Gasteiger partial charge < -0.3 is 0 Å². The quantitative estimate of drug-likeness (QED) is 0.179. The SMILES string of the molecule is c1ccc(-c2nc(-c3ccccc3)nc(-c3cccc4c3sc3c5sc6ccccc6c5c5c6sc7ccccc7c6c6c7ccccc7sc6c5c43)n2)cc1. The lowest BCUT2D eigenvalue weighted by atomic mass is 9.94. The first kappa shape index (κ1) is 31.2. The predicted molar refractivity (Wildman–Crippen MR) is 245 cm³/mol. The molecule has 0 saturated heterocycles. The van der Waals surface area contributed by atoms with Crippen LogP contribution in [0.5, 0.6) is 0 Å². The van der Waals surface area contributed by atoms with Crippen molar-refractivity contribution >= 4 is 137 Å². The Kier molecular flexibility index (Phi) is 6.51. The van der Waals surface area contributed by atoms with Crippen LogP contribution in [-0.4, -0.2) is 15.0 Å². The van der Waals surface area contributed by atoms with E-state index in [1.165, 1.54) is 91.5 Å². The van der Waals surface area contributed by atoms with Gasteiger partial charge in [-0.15, -0.1) is 45.3 Å².